The largest absolute Gasteiger partial charge is 0.494 e. The van der Waals surface area contributed by atoms with Gasteiger partial charge in [-0.25, -0.2) is 0 Å². The highest BCUT2D eigenvalue weighted by Crippen LogP contribution is 2.17. The standard InChI is InChI=1S/C17H16BrNO/c1-2-20-17-10-8-16(9-11-17)19-12-4-6-14-5-3-7-15(18)13-14/h3-13H,2H2,1H3. The highest BCUT2D eigenvalue weighted by molar-refractivity contribution is 9.10. The maximum absolute atomic E-state index is 5.39. The van der Waals surface area contributed by atoms with Crippen molar-refractivity contribution in [3.8, 4) is 5.75 Å². The van der Waals surface area contributed by atoms with Crippen LogP contribution in [-0.2, 0) is 0 Å². The first-order chi connectivity index (χ1) is 9.78. The zero-order chi connectivity index (χ0) is 14.2. The molecule has 2 nitrogen and oxygen atoms in total. The molecule has 2 aromatic rings. The molecule has 0 spiro atoms. The number of hydrogen-bond donors (Lipinski definition) is 0. The number of hydrogen-bond acceptors (Lipinski definition) is 2. The molecule has 0 unspecified atom stereocenters. The summed E-state index contributed by atoms with van der Waals surface area (Å²) >= 11 is 3.45. The molecule has 0 fully saturated rings. The Morgan fingerprint density at radius 1 is 1.15 bits per heavy atom. The molecule has 0 atom stereocenters. The molecular weight excluding hydrogens is 314 g/mol. The van der Waals surface area contributed by atoms with Crippen LogP contribution in [-0.4, -0.2) is 12.8 Å². The highest BCUT2D eigenvalue weighted by atomic mass is 79.9. The van der Waals surface area contributed by atoms with Crippen molar-refractivity contribution < 1.29 is 4.74 Å². The van der Waals surface area contributed by atoms with E-state index < -0.39 is 0 Å². The fourth-order valence-corrected chi connectivity index (χ4v) is 2.11. The van der Waals surface area contributed by atoms with Gasteiger partial charge in [-0.05, 0) is 55.0 Å². The molecule has 102 valence electrons. The van der Waals surface area contributed by atoms with Crippen LogP contribution in [0.2, 0.25) is 0 Å². The van der Waals surface area contributed by atoms with E-state index in [-0.39, 0.29) is 0 Å². The van der Waals surface area contributed by atoms with E-state index in [0.29, 0.717) is 6.61 Å². The Kier molecular flexibility index (Phi) is 5.56. The summed E-state index contributed by atoms with van der Waals surface area (Å²) in [4.78, 5) is 4.37. The SMILES string of the molecule is CCOc1ccc(N=CC=Cc2cccc(Br)c2)cc1. The molecule has 0 heterocycles. The van der Waals surface area contributed by atoms with E-state index in [1.807, 2.05) is 61.5 Å². The van der Waals surface area contributed by atoms with Gasteiger partial charge in [-0.15, -0.1) is 0 Å². The Bertz CT molecular complexity index is 603. The summed E-state index contributed by atoms with van der Waals surface area (Å²) in [7, 11) is 0. The van der Waals surface area contributed by atoms with Gasteiger partial charge in [-0.1, -0.05) is 34.1 Å². The number of nitrogens with zero attached hydrogens (tertiary/aromatic N) is 1. The predicted octanol–water partition coefficient (Wildman–Crippen LogP) is 5.26. The van der Waals surface area contributed by atoms with E-state index in [4.69, 9.17) is 4.74 Å². The molecule has 0 radical (unpaired) electrons. The van der Waals surface area contributed by atoms with Crippen LogP contribution < -0.4 is 4.74 Å². The van der Waals surface area contributed by atoms with Crippen LogP contribution in [0.15, 0.2) is 64.1 Å². The zero-order valence-electron chi connectivity index (χ0n) is 11.3. The van der Waals surface area contributed by atoms with E-state index in [1.54, 1.807) is 6.21 Å². The normalized spacial score (nSPS) is 11.3. The van der Waals surface area contributed by atoms with Crippen LogP contribution in [0.3, 0.4) is 0 Å². The van der Waals surface area contributed by atoms with Gasteiger partial charge in [-0.3, -0.25) is 4.99 Å². The smallest absolute Gasteiger partial charge is 0.119 e. The minimum absolute atomic E-state index is 0.679. The van der Waals surface area contributed by atoms with Crippen LogP contribution >= 0.6 is 15.9 Å². The van der Waals surface area contributed by atoms with Crippen molar-refractivity contribution in [1.82, 2.24) is 0 Å². The Morgan fingerprint density at radius 3 is 2.65 bits per heavy atom. The number of benzene rings is 2. The molecule has 2 rings (SSSR count). The number of ether oxygens (including phenoxy) is 1. The van der Waals surface area contributed by atoms with Gasteiger partial charge in [0.05, 0.1) is 12.3 Å². The van der Waals surface area contributed by atoms with Crippen molar-refractivity contribution in [2.24, 2.45) is 4.99 Å². The summed E-state index contributed by atoms with van der Waals surface area (Å²) in [5.74, 6) is 0.871. The van der Waals surface area contributed by atoms with Gasteiger partial charge in [0, 0.05) is 10.7 Å². The first-order valence-corrected chi connectivity index (χ1v) is 7.26. The quantitative estimate of drug-likeness (QED) is 0.685. The maximum Gasteiger partial charge on any atom is 0.119 e. The summed E-state index contributed by atoms with van der Waals surface area (Å²) < 4.78 is 6.46. The van der Waals surface area contributed by atoms with Crippen molar-refractivity contribution in [1.29, 1.82) is 0 Å². The van der Waals surface area contributed by atoms with Crippen LogP contribution in [0.1, 0.15) is 12.5 Å². The van der Waals surface area contributed by atoms with Gasteiger partial charge in [0.2, 0.25) is 0 Å². The number of allylic oxidation sites excluding steroid dienone is 1. The lowest BCUT2D eigenvalue weighted by Gasteiger charge is -2.01. The molecule has 0 amide bonds. The molecule has 3 heteroatoms. The van der Waals surface area contributed by atoms with E-state index in [2.05, 4.69) is 27.0 Å². The van der Waals surface area contributed by atoms with Gasteiger partial charge < -0.3 is 4.74 Å². The molecule has 0 saturated carbocycles. The van der Waals surface area contributed by atoms with E-state index in [9.17, 15) is 0 Å². The summed E-state index contributed by atoms with van der Waals surface area (Å²) in [6.45, 7) is 2.65. The van der Waals surface area contributed by atoms with Gasteiger partial charge in [0.1, 0.15) is 5.75 Å². The Hall–Kier alpha value is -1.87. The predicted molar refractivity (Wildman–Crippen MR) is 88.9 cm³/mol. The molecule has 0 aliphatic rings. The maximum atomic E-state index is 5.39. The average Bonchev–Trinajstić information content (AvgIpc) is 2.46. The lowest BCUT2D eigenvalue weighted by atomic mass is 10.2. The van der Waals surface area contributed by atoms with E-state index in [0.717, 1.165) is 21.5 Å². The molecule has 0 aliphatic carbocycles. The van der Waals surface area contributed by atoms with Gasteiger partial charge >= 0.3 is 0 Å². The van der Waals surface area contributed by atoms with E-state index >= 15 is 0 Å². The fraction of sp³-hybridized carbons (Fsp3) is 0.118. The summed E-state index contributed by atoms with van der Waals surface area (Å²) in [5.41, 5.74) is 2.05. The molecule has 0 saturated heterocycles. The van der Waals surface area contributed by atoms with Crippen molar-refractivity contribution in [3.63, 3.8) is 0 Å². The average molecular weight is 330 g/mol. The summed E-state index contributed by atoms with van der Waals surface area (Å²) in [6.07, 6.45) is 5.73. The van der Waals surface area contributed by atoms with Crippen molar-refractivity contribution in [2.75, 3.05) is 6.61 Å². The third-order valence-electron chi connectivity index (χ3n) is 2.59. The van der Waals surface area contributed by atoms with Crippen molar-refractivity contribution in [3.05, 3.63) is 64.6 Å². The Morgan fingerprint density at radius 2 is 1.95 bits per heavy atom. The van der Waals surface area contributed by atoms with Crippen LogP contribution in [0.4, 0.5) is 5.69 Å². The fourth-order valence-electron chi connectivity index (χ4n) is 1.69. The minimum atomic E-state index is 0.679. The minimum Gasteiger partial charge on any atom is -0.494 e. The number of halogens is 1. The molecule has 0 bridgehead atoms. The van der Waals surface area contributed by atoms with Crippen LogP contribution in [0.25, 0.3) is 6.08 Å². The molecule has 0 aliphatic heterocycles. The molecular formula is C17H16BrNO. The molecule has 0 aromatic heterocycles. The molecule has 2 aromatic carbocycles. The summed E-state index contributed by atoms with van der Waals surface area (Å²) in [6, 6.07) is 15.8. The first kappa shape index (κ1) is 14.5. The Labute approximate surface area is 128 Å². The molecule has 0 N–H and O–H groups in total. The Balaban J connectivity index is 1.95. The third kappa shape index (κ3) is 4.67. The first-order valence-electron chi connectivity index (χ1n) is 6.47. The highest BCUT2D eigenvalue weighted by Gasteiger charge is 1.91. The van der Waals surface area contributed by atoms with Crippen molar-refractivity contribution in [2.45, 2.75) is 6.92 Å². The van der Waals surface area contributed by atoms with Gasteiger partial charge in [-0.2, -0.15) is 0 Å². The van der Waals surface area contributed by atoms with Crippen LogP contribution in [0, 0.1) is 0 Å². The summed E-state index contributed by atoms with van der Waals surface area (Å²) in [5, 5.41) is 0. The molecule has 20 heavy (non-hydrogen) atoms. The topological polar surface area (TPSA) is 21.6 Å². The second kappa shape index (κ2) is 7.65. The lowest BCUT2D eigenvalue weighted by molar-refractivity contribution is 0.340. The monoisotopic (exact) mass is 329 g/mol. The van der Waals surface area contributed by atoms with Crippen molar-refractivity contribution >= 4 is 33.9 Å². The van der Waals surface area contributed by atoms with Gasteiger partial charge in [0.15, 0.2) is 0 Å². The third-order valence-corrected chi connectivity index (χ3v) is 3.09. The van der Waals surface area contributed by atoms with Crippen LogP contribution in [0.5, 0.6) is 5.75 Å². The second-order valence-corrected chi connectivity index (χ2v) is 5.03. The lowest BCUT2D eigenvalue weighted by Crippen LogP contribution is -1.89. The second-order valence-electron chi connectivity index (χ2n) is 4.12. The zero-order valence-corrected chi connectivity index (χ0v) is 12.9. The van der Waals surface area contributed by atoms with E-state index in [1.165, 1.54) is 0 Å². The number of rotatable bonds is 5. The van der Waals surface area contributed by atoms with Gasteiger partial charge in [0.25, 0.3) is 0 Å². The number of aliphatic imine (C=N–C) groups is 1.